The van der Waals surface area contributed by atoms with E-state index in [-0.39, 0.29) is 0 Å². The minimum Gasteiger partial charge on any atom is -0.380 e. The molecule has 0 bridgehead atoms. The van der Waals surface area contributed by atoms with Crippen molar-refractivity contribution in [3.05, 3.63) is 63.7 Å². The molecule has 1 aromatic heterocycles. The summed E-state index contributed by atoms with van der Waals surface area (Å²) in [5, 5.41) is 5.36. The van der Waals surface area contributed by atoms with Crippen LogP contribution >= 0.6 is 27.5 Å². The van der Waals surface area contributed by atoms with Crippen LogP contribution in [0.5, 0.6) is 0 Å². The van der Waals surface area contributed by atoms with E-state index in [1.807, 2.05) is 24.4 Å². The number of fused-ring (bicyclic) bond motifs is 1. The van der Waals surface area contributed by atoms with Crippen LogP contribution in [-0.2, 0) is 6.54 Å². The quantitative estimate of drug-likeness (QED) is 0.677. The average molecular weight is 336 g/mol. The zero-order valence-corrected chi connectivity index (χ0v) is 12.4. The van der Waals surface area contributed by atoms with Gasteiger partial charge in [0, 0.05) is 23.6 Å². The van der Waals surface area contributed by atoms with Crippen LogP contribution in [0, 0.1) is 0 Å². The molecule has 3 aromatic rings. The van der Waals surface area contributed by atoms with Crippen molar-refractivity contribution < 1.29 is 0 Å². The van der Waals surface area contributed by atoms with Crippen LogP contribution in [0.15, 0.2) is 53.1 Å². The smallest absolute Gasteiger partial charge is 0.0593 e. The highest BCUT2D eigenvalue weighted by Crippen LogP contribution is 2.30. The average Bonchev–Trinajstić information content (AvgIpc) is 2.89. The first-order chi connectivity index (χ1) is 9.25. The van der Waals surface area contributed by atoms with Gasteiger partial charge in [0.25, 0.3) is 0 Å². The Hall–Kier alpha value is -1.45. The molecule has 0 saturated carbocycles. The molecule has 4 heteroatoms. The maximum Gasteiger partial charge on any atom is 0.0593 e. The third-order valence-corrected chi connectivity index (χ3v) is 4.50. The minimum absolute atomic E-state index is 0.713. The van der Waals surface area contributed by atoms with E-state index in [4.69, 9.17) is 11.6 Å². The number of hydrogen-bond donors (Lipinski definition) is 2. The van der Waals surface area contributed by atoms with Crippen molar-refractivity contribution in [2.75, 3.05) is 5.32 Å². The van der Waals surface area contributed by atoms with Crippen LogP contribution in [0.3, 0.4) is 0 Å². The van der Waals surface area contributed by atoms with Crippen LogP contribution in [0.25, 0.3) is 10.9 Å². The normalized spacial score (nSPS) is 10.8. The number of hydrogen-bond acceptors (Lipinski definition) is 1. The van der Waals surface area contributed by atoms with Gasteiger partial charge < -0.3 is 10.3 Å². The molecule has 19 heavy (non-hydrogen) atoms. The Morgan fingerprint density at radius 2 is 1.95 bits per heavy atom. The van der Waals surface area contributed by atoms with Crippen molar-refractivity contribution in [2.24, 2.45) is 0 Å². The molecule has 0 unspecified atom stereocenters. The molecule has 2 aromatic carbocycles. The Morgan fingerprint density at radius 3 is 2.84 bits per heavy atom. The lowest BCUT2D eigenvalue weighted by Gasteiger charge is -2.10. The van der Waals surface area contributed by atoms with E-state index >= 15 is 0 Å². The van der Waals surface area contributed by atoms with E-state index in [9.17, 15) is 0 Å². The first-order valence-corrected chi connectivity index (χ1v) is 7.15. The van der Waals surface area contributed by atoms with Crippen molar-refractivity contribution in [1.82, 2.24) is 4.98 Å². The van der Waals surface area contributed by atoms with E-state index in [1.165, 1.54) is 10.9 Å². The summed E-state index contributed by atoms with van der Waals surface area (Å²) in [5.41, 5.74) is 3.41. The topological polar surface area (TPSA) is 27.8 Å². The third kappa shape index (κ3) is 2.48. The molecule has 0 spiro atoms. The second-order valence-electron chi connectivity index (χ2n) is 4.31. The third-order valence-electron chi connectivity index (χ3n) is 3.11. The number of nitrogens with one attached hydrogen (secondary N) is 2. The van der Waals surface area contributed by atoms with E-state index in [2.05, 4.69) is 50.5 Å². The van der Waals surface area contributed by atoms with Gasteiger partial charge in [-0.3, -0.25) is 0 Å². The monoisotopic (exact) mass is 334 g/mol. The van der Waals surface area contributed by atoms with Gasteiger partial charge in [0.05, 0.1) is 15.2 Å². The summed E-state index contributed by atoms with van der Waals surface area (Å²) in [6.45, 7) is 0.758. The van der Waals surface area contributed by atoms with Gasteiger partial charge in [-0.2, -0.15) is 0 Å². The number of aromatic nitrogens is 1. The SMILES string of the molecule is Clc1cccc(NCc2cccc3[nH]ccc23)c1Br. The van der Waals surface area contributed by atoms with Crippen molar-refractivity contribution in [2.45, 2.75) is 6.54 Å². The predicted molar refractivity (Wildman–Crippen MR) is 84.8 cm³/mol. The van der Waals surface area contributed by atoms with Crippen LogP contribution in [0.2, 0.25) is 5.02 Å². The lowest BCUT2D eigenvalue weighted by atomic mass is 10.1. The van der Waals surface area contributed by atoms with Gasteiger partial charge in [-0.25, -0.2) is 0 Å². The summed E-state index contributed by atoms with van der Waals surface area (Å²) >= 11 is 9.58. The maximum absolute atomic E-state index is 6.08. The molecule has 2 N–H and O–H groups in total. The van der Waals surface area contributed by atoms with Gasteiger partial charge >= 0.3 is 0 Å². The maximum atomic E-state index is 6.08. The molecule has 0 atom stereocenters. The molecule has 0 saturated heterocycles. The van der Waals surface area contributed by atoms with Crippen molar-refractivity contribution in [3.63, 3.8) is 0 Å². The highest BCUT2D eigenvalue weighted by atomic mass is 79.9. The summed E-state index contributed by atoms with van der Waals surface area (Å²) in [6.07, 6.45) is 1.96. The highest BCUT2D eigenvalue weighted by Gasteiger charge is 2.05. The second kappa shape index (κ2) is 5.27. The highest BCUT2D eigenvalue weighted by molar-refractivity contribution is 9.10. The molecule has 0 aliphatic heterocycles. The second-order valence-corrected chi connectivity index (χ2v) is 5.51. The summed E-state index contributed by atoms with van der Waals surface area (Å²) in [6, 6.07) is 14.2. The molecule has 0 radical (unpaired) electrons. The fourth-order valence-electron chi connectivity index (χ4n) is 2.14. The van der Waals surface area contributed by atoms with Crippen LogP contribution < -0.4 is 5.32 Å². The molecule has 1 heterocycles. The van der Waals surface area contributed by atoms with Crippen molar-refractivity contribution in [1.29, 1.82) is 0 Å². The first-order valence-electron chi connectivity index (χ1n) is 5.98. The zero-order chi connectivity index (χ0) is 13.2. The summed E-state index contributed by atoms with van der Waals surface area (Å²) in [5.74, 6) is 0. The van der Waals surface area contributed by atoms with E-state index < -0.39 is 0 Å². The molecule has 3 rings (SSSR count). The van der Waals surface area contributed by atoms with Gasteiger partial charge in [0.15, 0.2) is 0 Å². The summed E-state index contributed by atoms with van der Waals surface area (Å²) in [4.78, 5) is 3.22. The Labute approximate surface area is 124 Å². The van der Waals surface area contributed by atoms with E-state index in [0.29, 0.717) is 5.02 Å². The molecule has 0 fully saturated rings. The predicted octanol–water partition coefficient (Wildman–Crippen LogP) is 5.20. The Kier molecular flexibility index (Phi) is 3.49. The summed E-state index contributed by atoms with van der Waals surface area (Å²) < 4.78 is 0.901. The largest absolute Gasteiger partial charge is 0.380 e. The van der Waals surface area contributed by atoms with Crippen LogP contribution in [-0.4, -0.2) is 4.98 Å². The van der Waals surface area contributed by atoms with Crippen molar-refractivity contribution >= 4 is 44.1 Å². The number of halogens is 2. The summed E-state index contributed by atoms with van der Waals surface area (Å²) in [7, 11) is 0. The molecular formula is C15H12BrClN2. The molecule has 2 nitrogen and oxygen atoms in total. The molecule has 0 aliphatic rings. The molecule has 0 amide bonds. The standard InChI is InChI=1S/C15H12BrClN2/c16-15-12(17)4-2-6-14(15)19-9-10-3-1-5-13-11(10)7-8-18-13/h1-8,18-19H,9H2. The number of anilines is 1. The number of rotatable bonds is 3. The lowest BCUT2D eigenvalue weighted by Crippen LogP contribution is -2.00. The van der Waals surface area contributed by atoms with Gasteiger partial charge in [0.1, 0.15) is 0 Å². The van der Waals surface area contributed by atoms with Gasteiger partial charge in [-0.1, -0.05) is 29.8 Å². The Bertz CT molecular complexity index is 721. The molecule has 96 valence electrons. The van der Waals surface area contributed by atoms with Crippen LogP contribution in [0.4, 0.5) is 5.69 Å². The van der Waals surface area contributed by atoms with Gasteiger partial charge in [0.2, 0.25) is 0 Å². The van der Waals surface area contributed by atoms with Crippen LogP contribution in [0.1, 0.15) is 5.56 Å². The lowest BCUT2D eigenvalue weighted by molar-refractivity contribution is 1.16. The molecular weight excluding hydrogens is 324 g/mol. The Balaban J connectivity index is 1.86. The number of benzene rings is 2. The van der Waals surface area contributed by atoms with Gasteiger partial charge in [-0.05, 0) is 45.8 Å². The fourth-order valence-corrected chi connectivity index (χ4v) is 2.71. The zero-order valence-electron chi connectivity index (χ0n) is 10.1. The number of H-pyrrole nitrogens is 1. The van der Waals surface area contributed by atoms with Crippen molar-refractivity contribution in [3.8, 4) is 0 Å². The first kappa shape index (κ1) is 12.6. The molecule has 0 aliphatic carbocycles. The Morgan fingerprint density at radius 1 is 1.11 bits per heavy atom. The fraction of sp³-hybridized carbons (Fsp3) is 0.0667. The minimum atomic E-state index is 0.713. The van der Waals surface area contributed by atoms with E-state index in [1.54, 1.807) is 0 Å². The number of aromatic amines is 1. The van der Waals surface area contributed by atoms with Gasteiger partial charge in [-0.15, -0.1) is 0 Å². The van der Waals surface area contributed by atoms with E-state index in [0.717, 1.165) is 22.2 Å².